The SMILES string of the molecule is Cc1ccc(Nc2c(F)cc(C#N)cc2F)c(C)n1. The molecule has 0 atom stereocenters. The van der Waals surface area contributed by atoms with Gasteiger partial charge in [-0.15, -0.1) is 0 Å². The molecule has 0 radical (unpaired) electrons. The van der Waals surface area contributed by atoms with Gasteiger partial charge in [-0.3, -0.25) is 4.98 Å². The Morgan fingerprint density at radius 3 is 2.32 bits per heavy atom. The monoisotopic (exact) mass is 259 g/mol. The molecule has 96 valence electrons. The zero-order valence-electron chi connectivity index (χ0n) is 10.5. The first-order valence-electron chi connectivity index (χ1n) is 5.61. The number of hydrogen-bond acceptors (Lipinski definition) is 3. The smallest absolute Gasteiger partial charge is 0.150 e. The molecule has 0 aliphatic carbocycles. The number of anilines is 2. The highest BCUT2D eigenvalue weighted by molar-refractivity contribution is 5.63. The molecule has 0 aliphatic heterocycles. The molecule has 3 nitrogen and oxygen atoms in total. The summed E-state index contributed by atoms with van der Waals surface area (Å²) in [5, 5.41) is 11.3. The van der Waals surface area contributed by atoms with E-state index in [0.717, 1.165) is 17.8 Å². The number of aryl methyl sites for hydroxylation is 2. The van der Waals surface area contributed by atoms with Gasteiger partial charge in [0, 0.05) is 5.69 Å². The van der Waals surface area contributed by atoms with Crippen LogP contribution in [-0.2, 0) is 0 Å². The van der Waals surface area contributed by atoms with Crippen LogP contribution in [0.4, 0.5) is 20.2 Å². The minimum absolute atomic E-state index is 0.0562. The van der Waals surface area contributed by atoms with E-state index in [2.05, 4.69) is 10.3 Å². The van der Waals surface area contributed by atoms with Crippen molar-refractivity contribution < 1.29 is 8.78 Å². The second-order valence-electron chi connectivity index (χ2n) is 4.14. The van der Waals surface area contributed by atoms with E-state index < -0.39 is 11.6 Å². The fraction of sp³-hybridized carbons (Fsp3) is 0.143. The Balaban J connectivity index is 2.41. The molecule has 0 saturated heterocycles. The number of nitrogens with zero attached hydrogens (tertiary/aromatic N) is 2. The lowest BCUT2D eigenvalue weighted by molar-refractivity contribution is 0.590. The molecule has 1 N–H and O–H groups in total. The highest BCUT2D eigenvalue weighted by Gasteiger charge is 2.12. The van der Waals surface area contributed by atoms with Gasteiger partial charge in [-0.1, -0.05) is 0 Å². The van der Waals surface area contributed by atoms with Crippen LogP contribution in [0, 0.1) is 36.8 Å². The zero-order valence-corrected chi connectivity index (χ0v) is 10.5. The number of pyridine rings is 1. The molecule has 1 heterocycles. The number of aromatic nitrogens is 1. The number of hydrogen-bond donors (Lipinski definition) is 1. The largest absolute Gasteiger partial charge is 0.349 e. The predicted octanol–water partition coefficient (Wildman–Crippen LogP) is 3.59. The van der Waals surface area contributed by atoms with Crippen LogP contribution in [0.2, 0.25) is 0 Å². The van der Waals surface area contributed by atoms with Gasteiger partial charge in [0.1, 0.15) is 5.69 Å². The minimum Gasteiger partial charge on any atom is -0.349 e. The third-order valence-corrected chi connectivity index (χ3v) is 2.66. The van der Waals surface area contributed by atoms with Crippen molar-refractivity contribution in [3.8, 4) is 6.07 Å². The average Bonchev–Trinajstić information content (AvgIpc) is 2.35. The van der Waals surface area contributed by atoms with Gasteiger partial charge in [0.05, 0.1) is 23.0 Å². The number of halogens is 2. The Morgan fingerprint density at radius 2 is 1.79 bits per heavy atom. The van der Waals surface area contributed by atoms with Crippen molar-refractivity contribution in [2.24, 2.45) is 0 Å². The summed E-state index contributed by atoms with van der Waals surface area (Å²) in [6.07, 6.45) is 0. The van der Waals surface area contributed by atoms with Crippen LogP contribution in [-0.4, -0.2) is 4.98 Å². The third-order valence-electron chi connectivity index (χ3n) is 2.66. The van der Waals surface area contributed by atoms with Crippen LogP contribution in [0.1, 0.15) is 17.0 Å². The molecule has 0 spiro atoms. The molecule has 0 fully saturated rings. The van der Waals surface area contributed by atoms with E-state index in [9.17, 15) is 8.78 Å². The number of rotatable bonds is 2. The summed E-state index contributed by atoms with van der Waals surface area (Å²) in [5.74, 6) is -1.62. The van der Waals surface area contributed by atoms with Gasteiger partial charge in [0.15, 0.2) is 11.6 Å². The van der Waals surface area contributed by atoms with Crippen LogP contribution >= 0.6 is 0 Å². The average molecular weight is 259 g/mol. The first kappa shape index (κ1) is 13.0. The number of nitrogens with one attached hydrogen (secondary N) is 1. The molecule has 2 aromatic rings. The summed E-state index contributed by atoms with van der Waals surface area (Å²) >= 11 is 0. The normalized spacial score (nSPS) is 10.1. The Labute approximate surface area is 109 Å². The van der Waals surface area contributed by atoms with E-state index in [4.69, 9.17) is 5.26 Å². The van der Waals surface area contributed by atoms with Gasteiger partial charge in [-0.2, -0.15) is 5.26 Å². The fourth-order valence-corrected chi connectivity index (χ4v) is 1.71. The van der Waals surface area contributed by atoms with Crippen molar-refractivity contribution in [1.82, 2.24) is 4.98 Å². The van der Waals surface area contributed by atoms with Crippen molar-refractivity contribution in [3.05, 3.63) is 52.9 Å². The van der Waals surface area contributed by atoms with Crippen LogP contribution in [0.5, 0.6) is 0 Å². The van der Waals surface area contributed by atoms with E-state index in [1.54, 1.807) is 25.1 Å². The van der Waals surface area contributed by atoms with Gasteiger partial charge < -0.3 is 5.32 Å². The zero-order chi connectivity index (χ0) is 14.0. The number of nitriles is 1. The molecule has 1 aromatic heterocycles. The third kappa shape index (κ3) is 2.68. The Hall–Kier alpha value is -2.48. The quantitative estimate of drug-likeness (QED) is 0.896. The summed E-state index contributed by atoms with van der Waals surface area (Å²) in [6.45, 7) is 3.58. The van der Waals surface area contributed by atoms with Gasteiger partial charge in [0.2, 0.25) is 0 Å². The lowest BCUT2D eigenvalue weighted by Crippen LogP contribution is -2.01. The molecule has 5 heteroatoms. The fourth-order valence-electron chi connectivity index (χ4n) is 1.71. The summed E-state index contributed by atoms with van der Waals surface area (Å²) in [6, 6.07) is 7.12. The highest BCUT2D eigenvalue weighted by atomic mass is 19.1. The van der Waals surface area contributed by atoms with Gasteiger partial charge >= 0.3 is 0 Å². The lowest BCUT2D eigenvalue weighted by atomic mass is 10.2. The van der Waals surface area contributed by atoms with Crippen molar-refractivity contribution in [2.75, 3.05) is 5.32 Å². The van der Waals surface area contributed by atoms with Crippen molar-refractivity contribution >= 4 is 11.4 Å². The van der Waals surface area contributed by atoms with Crippen molar-refractivity contribution in [3.63, 3.8) is 0 Å². The Morgan fingerprint density at radius 1 is 1.16 bits per heavy atom. The van der Waals surface area contributed by atoms with E-state index in [0.29, 0.717) is 11.4 Å². The molecule has 0 saturated carbocycles. The summed E-state index contributed by atoms with van der Waals surface area (Å²) in [7, 11) is 0. The first-order chi connectivity index (χ1) is 9.01. The second kappa shape index (κ2) is 5.02. The molecule has 19 heavy (non-hydrogen) atoms. The van der Waals surface area contributed by atoms with E-state index >= 15 is 0 Å². The number of benzene rings is 1. The Kier molecular flexibility index (Phi) is 3.43. The summed E-state index contributed by atoms with van der Waals surface area (Å²) < 4.78 is 27.4. The molecular formula is C14H11F2N3. The molecule has 0 bridgehead atoms. The second-order valence-corrected chi connectivity index (χ2v) is 4.14. The Bertz CT molecular complexity index is 652. The maximum Gasteiger partial charge on any atom is 0.150 e. The van der Waals surface area contributed by atoms with Crippen LogP contribution in [0.25, 0.3) is 0 Å². The minimum atomic E-state index is -0.809. The van der Waals surface area contributed by atoms with E-state index in [1.165, 1.54) is 0 Å². The standard InChI is InChI=1S/C14H11F2N3/c1-8-3-4-13(9(2)18-8)19-14-11(15)5-10(7-17)6-12(14)16/h3-6,19H,1-2H3. The highest BCUT2D eigenvalue weighted by Crippen LogP contribution is 2.26. The predicted molar refractivity (Wildman–Crippen MR) is 68.1 cm³/mol. The maximum absolute atomic E-state index is 13.7. The lowest BCUT2D eigenvalue weighted by Gasteiger charge is -2.11. The molecule has 2 rings (SSSR count). The van der Waals surface area contributed by atoms with Gasteiger partial charge in [-0.05, 0) is 38.1 Å². The van der Waals surface area contributed by atoms with Gasteiger partial charge in [0.25, 0.3) is 0 Å². The van der Waals surface area contributed by atoms with Crippen molar-refractivity contribution in [1.29, 1.82) is 5.26 Å². The van der Waals surface area contributed by atoms with Crippen LogP contribution in [0.15, 0.2) is 24.3 Å². The first-order valence-corrected chi connectivity index (χ1v) is 5.61. The van der Waals surface area contributed by atoms with Gasteiger partial charge in [-0.25, -0.2) is 8.78 Å². The van der Waals surface area contributed by atoms with E-state index in [1.807, 2.05) is 6.92 Å². The maximum atomic E-state index is 13.7. The topological polar surface area (TPSA) is 48.7 Å². The molecule has 1 aromatic carbocycles. The molecular weight excluding hydrogens is 248 g/mol. The molecule has 0 amide bonds. The summed E-state index contributed by atoms with van der Waals surface area (Å²) in [4.78, 5) is 4.20. The molecule has 0 aliphatic rings. The molecule has 0 unspecified atom stereocenters. The van der Waals surface area contributed by atoms with Crippen molar-refractivity contribution in [2.45, 2.75) is 13.8 Å². The summed E-state index contributed by atoms with van der Waals surface area (Å²) in [5.41, 5.74) is 1.65. The van der Waals surface area contributed by atoms with Crippen LogP contribution < -0.4 is 5.32 Å². The van der Waals surface area contributed by atoms with Crippen LogP contribution in [0.3, 0.4) is 0 Å². The van der Waals surface area contributed by atoms with E-state index in [-0.39, 0.29) is 11.3 Å².